The normalized spacial score (nSPS) is 11.7. The van der Waals surface area contributed by atoms with Crippen molar-refractivity contribution in [3.63, 3.8) is 0 Å². The Balaban J connectivity index is 1.61. The minimum absolute atomic E-state index is 0.0166. The molecular weight excluding hydrogens is 417 g/mol. The molecule has 3 aromatic rings. The Labute approximate surface area is 184 Å². The number of carbonyl (C=O) groups excluding carboxylic acids is 2. The van der Waals surface area contributed by atoms with Gasteiger partial charge in [-0.1, -0.05) is 29.5 Å². The van der Waals surface area contributed by atoms with E-state index in [1.165, 1.54) is 36.0 Å². The van der Waals surface area contributed by atoms with Gasteiger partial charge in [-0.15, -0.1) is 10.2 Å². The second-order valence-electron chi connectivity index (χ2n) is 6.99. The predicted molar refractivity (Wildman–Crippen MR) is 120 cm³/mol. The number of nitrogens with zero attached hydrogens (tertiary/aromatic N) is 3. The fourth-order valence-corrected chi connectivity index (χ4v) is 3.76. The molecule has 9 heteroatoms. The van der Waals surface area contributed by atoms with Crippen molar-refractivity contribution in [2.24, 2.45) is 0 Å². The van der Waals surface area contributed by atoms with Crippen LogP contribution in [0, 0.1) is 12.7 Å². The van der Waals surface area contributed by atoms with Gasteiger partial charge in [-0.05, 0) is 57.2 Å². The van der Waals surface area contributed by atoms with Crippen molar-refractivity contribution >= 4 is 35.0 Å². The highest BCUT2D eigenvalue weighted by atomic mass is 32.2. The van der Waals surface area contributed by atoms with Gasteiger partial charge in [-0.25, -0.2) is 4.39 Å². The Morgan fingerprint density at radius 3 is 2.29 bits per heavy atom. The molecule has 0 radical (unpaired) electrons. The molecule has 2 N–H and O–H groups in total. The van der Waals surface area contributed by atoms with Crippen LogP contribution in [0.1, 0.15) is 25.2 Å². The maximum Gasteiger partial charge on any atom is 0.237 e. The van der Waals surface area contributed by atoms with Gasteiger partial charge in [0.1, 0.15) is 11.6 Å². The van der Waals surface area contributed by atoms with Gasteiger partial charge in [0.25, 0.3) is 0 Å². The first kappa shape index (κ1) is 22.5. The maximum atomic E-state index is 13.0. The minimum atomic E-state index is -0.406. The average molecular weight is 442 g/mol. The van der Waals surface area contributed by atoms with E-state index in [4.69, 9.17) is 0 Å². The largest absolute Gasteiger partial charge is 0.326 e. The van der Waals surface area contributed by atoms with E-state index in [2.05, 4.69) is 20.8 Å². The highest BCUT2D eigenvalue weighted by Crippen LogP contribution is 2.24. The molecule has 0 saturated heterocycles. The van der Waals surface area contributed by atoms with Crippen LogP contribution in [-0.4, -0.2) is 31.8 Å². The van der Waals surface area contributed by atoms with E-state index < -0.39 is 5.25 Å². The fourth-order valence-electron chi connectivity index (χ4n) is 2.83. The number of amides is 2. The number of halogens is 1. The fraction of sp³-hybridized carbons (Fsp3) is 0.273. The van der Waals surface area contributed by atoms with Crippen molar-refractivity contribution < 1.29 is 14.0 Å². The summed E-state index contributed by atoms with van der Waals surface area (Å²) in [5.74, 6) is -0.299. The summed E-state index contributed by atoms with van der Waals surface area (Å²) in [6, 6.07) is 13.1. The van der Waals surface area contributed by atoms with Crippen molar-refractivity contribution in [3.8, 4) is 0 Å². The molecule has 1 unspecified atom stereocenters. The number of hydrogen-bond donors (Lipinski definition) is 2. The maximum absolute atomic E-state index is 13.0. The summed E-state index contributed by atoms with van der Waals surface area (Å²) in [4.78, 5) is 24.9. The summed E-state index contributed by atoms with van der Waals surface area (Å²) in [5.41, 5.74) is 2.36. The van der Waals surface area contributed by atoms with Crippen LogP contribution in [0.4, 0.5) is 15.8 Å². The number of anilines is 2. The molecule has 2 aromatic carbocycles. The van der Waals surface area contributed by atoms with Crippen molar-refractivity contribution in [2.45, 2.75) is 44.1 Å². The standard InChI is InChI=1S/C22H24FN5O2S/c1-4-28-19(13-20(29)24-17-11-7-16(23)8-12-17)26-27-22(28)31-15(3)21(30)25-18-9-5-14(2)6-10-18/h5-12,15H,4,13H2,1-3H3,(H,24,29)(H,25,30). The molecule has 162 valence electrons. The molecule has 31 heavy (non-hydrogen) atoms. The topological polar surface area (TPSA) is 88.9 Å². The molecule has 0 bridgehead atoms. The first-order valence-corrected chi connectivity index (χ1v) is 10.8. The molecule has 0 spiro atoms. The lowest BCUT2D eigenvalue weighted by molar-refractivity contribution is -0.116. The zero-order valence-electron chi connectivity index (χ0n) is 17.6. The third kappa shape index (κ3) is 6.14. The number of aryl methyl sites for hydroxylation is 1. The first-order chi connectivity index (χ1) is 14.9. The van der Waals surface area contributed by atoms with E-state index in [9.17, 15) is 14.0 Å². The quantitative estimate of drug-likeness (QED) is 0.515. The molecule has 0 saturated carbocycles. The summed E-state index contributed by atoms with van der Waals surface area (Å²) >= 11 is 1.28. The Morgan fingerprint density at radius 2 is 1.65 bits per heavy atom. The van der Waals surface area contributed by atoms with Crippen LogP contribution in [0.2, 0.25) is 0 Å². The van der Waals surface area contributed by atoms with Crippen molar-refractivity contribution in [1.29, 1.82) is 0 Å². The number of carbonyl (C=O) groups is 2. The lowest BCUT2D eigenvalue weighted by Gasteiger charge is -2.13. The number of thioether (sulfide) groups is 1. The summed E-state index contributed by atoms with van der Waals surface area (Å²) in [5, 5.41) is 14.1. The second-order valence-corrected chi connectivity index (χ2v) is 8.30. The zero-order chi connectivity index (χ0) is 22.4. The minimum Gasteiger partial charge on any atom is -0.326 e. The van der Waals surface area contributed by atoms with Crippen molar-refractivity contribution in [3.05, 3.63) is 65.7 Å². The lowest BCUT2D eigenvalue weighted by atomic mass is 10.2. The van der Waals surface area contributed by atoms with Gasteiger partial charge < -0.3 is 15.2 Å². The van der Waals surface area contributed by atoms with Gasteiger partial charge in [0.2, 0.25) is 11.8 Å². The van der Waals surface area contributed by atoms with Gasteiger partial charge in [-0.2, -0.15) is 0 Å². The summed E-state index contributed by atoms with van der Waals surface area (Å²) in [6.45, 7) is 6.26. The van der Waals surface area contributed by atoms with Gasteiger partial charge >= 0.3 is 0 Å². The van der Waals surface area contributed by atoms with Crippen LogP contribution in [0.3, 0.4) is 0 Å². The molecule has 2 amide bonds. The van der Waals surface area contributed by atoms with Crippen molar-refractivity contribution in [1.82, 2.24) is 14.8 Å². The van der Waals surface area contributed by atoms with E-state index in [1.807, 2.05) is 42.7 Å². The highest BCUT2D eigenvalue weighted by Gasteiger charge is 2.21. The Hall–Kier alpha value is -3.20. The van der Waals surface area contributed by atoms with Gasteiger partial charge in [0.15, 0.2) is 5.16 Å². The summed E-state index contributed by atoms with van der Waals surface area (Å²) < 4.78 is 14.8. The van der Waals surface area contributed by atoms with E-state index in [0.29, 0.717) is 23.2 Å². The molecular formula is C22H24FN5O2S. The number of hydrogen-bond acceptors (Lipinski definition) is 5. The van der Waals surface area contributed by atoms with Gasteiger partial charge in [0.05, 0.1) is 11.7 Å². The van der Waals surface area contributed by atoms with E-state index in [0.717, 1.165) is 11.3 Å². The number of nitrogens with one attached hydrogen (secondary N) is 2. The molecule has 1 aromatic heterocycles. The average Bonchev–Trinajstić information content (AvgIpc) is 3.12. The summed E-state index contributed by atoms with van der Waals surface area (Å²) in [7, 11) is 0. The first-order valence-electron chi connectivity index (χ1n) is 9.87. The molecule has 1 atom stereocenters. The third-order valence-electron chi connectivity index (χ3n) is 4.53. The number of aromatic nitrogens is 3. The second kappa shape index (κ2) is 10.2. The molecule has 0 aliphatic rings. The molecule has 0 aliphatic carbocycles. The number of benzene rings is 2. The Bertz CT molecular complexity index is 1050. The van der Waals surface area contributed by atoms with Gasteiger partial charge in [-0.3, -0.25) is 9.59 Å². The van der Waals surface area contributed by atoms with E-state index in [-0.39, 0.29) is 24.1 Å². The van der Waals surface area contributed by atoms with E-state index in [1.54, 1.807) is 6.92 Å². The zero-order valence-corrected chi connectivity index (χ0v) is 18.4. The molecule has 3 rings (SSSR count). The van der Waals surface area contributed by atoms with Crippen LogP contribution in [0.5, 0.6) is 0 Å². The SMILES string of the molecule is CCn1c(CC(=O)Nc2ccc(F)cc2)nnc1SC(C)C(=O)Nc1ccc(C)cc1. The molecule has 1 heterocycles. The Morgan fingerprint density at radius 1 is 1.03 bits per heavy atom. The molecule has 7 nitrogen and oxygen atoms in total. The number of rotatable bonds is 8. The lowest BCUT2D eigenvalue weighted by Crippen LogP contribution is -2.23. The van der Waals surface area contributed by atoms with Crippen LogP contribution in [-0.2, 0) is 22.6 Å². The van der Waals surface area contributed by atoms with Crippen LogP contribution in [0.15, 0.2) is 53.7 Å². The van der Waals surface area contributed by atoms with Crippen molar-refractivity contribution in [2.75, 3.05) is 10.6 Å². The van der Waals surface area contributed by atoms with E-state index >= 15 is 0 Å². The molecule has 0 fully saturated rings. The Kier molecular flexibility index (Phi) is 7.41. The monoisotopic (exact) mass is 441 g/mol. The van der Waals surface area contributed by atoms with Crippen LogP contribution in [0.25, 0.3) is 0 Å². The smallest absolute Gasteiger partial charge is 0.237 e. The van der Waals surface area contributed by atoms with Gasteiger partial charge in [0, 0.05) is 17.9 Å². The predicted octanol–water partition coefficient (Wildman–Crippen LogP) is 4.05. The highest BCUT2D eigenvalue weighted by molar-refractivity contribution is 8.00. The molecule has 0 aliphatic heterocycles. The third-order valence-corrected chi connectivity index (χ3v) is 5.61. The summed E-state index contributed by atoms with van der Waals surface area (Å²) in [6.07, 6.45) is 0.0166. The van der Waals surface area contributed by atoms with Crippen LogP contribution >= 0.6 is 11.8 Å². The van der Waals surface area contributed by atoms with Crippen LogP contribution < -0.4 is 10.6 Å².